The molecule has 3 atom stereocenters. The fourth-order valence-electron chi connectivity index (χ4n) is 10.3. The van der Waals surface area contributed by atoms with Gasteiger partial charge in [0.25, 0.3) is 5.69 Å². The van der Waals surface area contributed by atoms with Crippen LogP contribution in [0, 0.1) is 10.1 Å². The Hall–Kier alpha value is -9.00. The first-order valence-corrected chi connectivity index (χ1v) is 25.9. The molecule has 1 saturated heterocycles. The quantitative estimate of drug-likeness (QED) is 0.0161. The zero-order valence-electron chi connectivity index (χ0n) is 42.8. The molecule has 0 bridgehead atoms. The van der Waals surface area contributed by atoms with E-state index in [0.717, 1.165) is 44.5 Å². The lowest BCUT2D eigenvalue weighted by Crippen LogP contribution is -2.35. The summed E-state index contributed by atoms with van der Waals surface area (Å²) in [6.07, 6.45) is 1.59. The largest absolute Gasteiger partial charge is 0.497 e. The highest BCUT2D eigenvalue weighted by molar-refractivity contribution is 5.93. The number of esters is 1. The van der Waals surface area contributed by atoms with Gasteiger partial charge in [-0.15, -0.1) is 0 Å². The number of non-ortho nitro benzene ring substituents is 1. The zero-order chi connectivity index (χ0) is 53.8. The summed E-state index contributed by atoms with van der Waals surface area (Å²) >= 11 is 0. The van der Waals surface area contributed by atoms with E-state index in [9.17, 15) is 24.5 Å². The van der Waals surface area contributed by atoms with Crippen molar-refractivity contribution in [2.75, 3.05) is 38.8 Å². The number of carbonyl (C=O) groups excluding carboxylic acids is 3. The zero-order valence-corrected chi connectivity index (χ0v) is 42.8. The van der Waals surface area contributed by atoms with Crippen LogP contribution < -0.4 is 15.4 Å². The third-order valence-electron chi connectivity index (χ3n) is 14.1. The molecule has 6 aromatic carbocycles. The molecule has 3 heterocycles. The average Bonchev–Trinajstić information content (AvgIpc) is 4.26. The number of benzene rings is 6. The van der Waals surface area contributed by atoms with Crippen LogP contribution in [-0.4, -0.2) is 88.3 Å². The Kier molecular flexibility index (Phi) is 16.4. The normalized spacial score (nSPS) is 15.7. The van der Waals surface area contributed by atoms with E-state index < -0.39 is 47.1 Å². The number of ether oxygens (including phenoxy) is 6. The van der Waals surface area contributed by atoms with Gasteiger partial charge < -0.3 is 33.7 Å². The second-order valence-corrected chi connectivity index (χ2v) is 18.9. The maximum absolute atomic E-state index is 13.8. The number of nitrogens with one attached hydrogen (secondary N) is 2. The average molecular weight is 1050 g/mol. The van der Waals surface area contributed by atoms with Crippen molar-refractivity contribution in [1.82, 2.24) is 24.8 Å². The molecule has 8 aromatic rings. The predicted molar refractivity (Wildman–Crippen MR) is 289 cm³/mol. The molecule has 2 aromatic heterocycles. The van der Waals surface area contributed by atoms with Gasteiger partial charge in [-0.05, 0) is 69.5 Å². The number of hydrogen-bond acceptors (Lipinski definition) is 14. The van der Waals surface area contributed by atoms with Crippen LogP contribution in [0.2, 0.25) is 0 Å². The number of aromatic nitrogens is 4. The van der Waals surface area contributed by atoms with E-state index in [2.05, 4.69) is 49.9 Å². The number of hydrogen-bond donors (Lipinski definition) is 2. The summed E-state index contributed by atoms with van der Waals surface area (Å²) in [4.78, 5) is 63.6. The minimum Gasteiger partial charge on any atom is -0.497 e. The lowest BCUT2D eigenvalue weighted by atomic mass is 9.80. The number of amides is 2. The smallest absolute Gasteiger partial charge is 0.412 e. The van der Waals surface area contributed by atoms with Crippen molar-refractivity contribution in [1.29, 1.82) is 0 Å². The minimum absolute atomic E-state index is 0.00872. The number of unbranched alkanes of at least 4 members (excludes halogenated alkanes) is 2. The summed E-state index contributed by atoms with van der Waals surface area (Å²) in [5.74, 6) is 0.295. The number of nitro groups is 1. The molecule has 2 aliphatic rings. The summed E-state index contributed by atoms with van der Waals surface area (Å²) in [5, 5.41) is 16.6. The highest BCUT2D eigenvalue weighted by Crippen LogP contribution is 2.45. The highest BCUT2D eigenvalue weighted by Gasteiger charge is 2.44. The Balaban J connectivity index is 0.808. The fraction of sp³-hybridized carbons (Fsp3) is 0.267. The van der Waals surface area contributed by atoms with Crippen LogP contribution in [0.15, 0.2) is 170 Å². The topological polar surface area (TPSA) is 217 Å². The van der Waals surface area contributed by atoms with Gasteiger partial charge in [-0.2, -0.15) is 0 Å². The van der Waals surface area contributed by atoms with Gasteiger partial charge in [-0.25, -0.2) is 24.5 Å². The summed E-state index contributed by atoms with van der Waals surface area (Å²) in [7, 11) is 1.62. The number of nitrogens with zero attached hydrogens (tertiary/aromatic N) is 5. The van der Waals surface area contributed by atoms with Gasteiger partial charge >= 0.3 is 18.2 Å². The third kappa shape index (κ3) is 11.7. The minimum atomic E-state index is -1.10. The molecule has 2 amide bonds. The summed E-state index contributed by atoms with van der Waals surface area (Å²) < 4.78 is 38.6. The molecule has 0 saturated carbocycles. The molecule has 2 N–H and O–H groups in total. The number of methoxy groups -OCH3 is 1. The molecule has 1 aliphatic carbocycles. The van der Waals surface area contributed by atoms with E-state index in [-0.39, 0.29) is 55.6 Å². The van der Waals surface area contributed by atoms with E-state index in [0.29, 0.717) is 43.6 Å². The van der Waals surface area contributed by atoms with Crippen molar-refractivity contribution in [2.45, 2.75) is 68.5 Å². The number of carbonyl (C=O) groups is 3. The Bertz CT molecular complexity index is 3270. The molecule has 0 spiro atoms. The first-order chi connectivity index (χ1) is 38.2. The van der Waals surface area contributed by atoms with Crippen molar-refractivity contribution < 1.29 is 47.7 Å². The highest BCUT2D eigenvalue weighted by atomic mass is 16.6. The van der Waals surface area contributed by atoms with Gasteiger partial charge in [0, 0.05) is 43.9 Å². The Morgan fingerprint density at radius 2 is 1.38 bits per heavy atom. The molecule has 1 fully saturated rings. The second-order valence-electron chi connectivity index (χ2n) is 18.9. The van der Waals surface area contributed by atoms with Gasteiger partial charge in [-0.1, -0.05) is 140 Å². The SMILES string of the molecule is COc1ccc(C(OC[C@@H]2C[C@@H](OC(=O)CCCCCNC(=O)OCC3c4ccccc4-c4ccccc43)[C@H](n3cnc4c(NC(=O)OCCc5ccc([N+](=O)[O-])cc5)ncnc43)O2)(c2ccccc2)c2ccccc2)cc1. The second kappa shape index (κ2) is 24.3. The van der Waals surface area contributed by atoms with E-state index in [1.165, 1.54) is 24.8 Å². The standard InChI is InChI=1S/C60H57N7O11/c1-73-45-30-26-43(27-31-45)60(41-15-5-2-6-16-41,42-17-7-3-8-18-42)76-36-46-35-52(78-53(68)23-9-4-14-33-61-58(69)75-37-51-49-21-12-10-19-47(49)48-20-11-13-22-50(48)51)57(77-46)66-39-64-54-55(62-38-63-56(54)66)65-59(70)74-34-32-40-24-28-44(29-25-40)67(71)72/h2-3,5-8,10-13,15-22,24-31,38-39,46,51-52,57H,4,9,14,23,32-37H2,1H3,(H,61,69)(H,62,63,65,70)/t46-,52+,57+/m0/s1. The predicted octanol–water partition coefficient (Wildman–Crippen LogP) is 10.8. The maximum atomic E-state index is 13.8. The first kappa shape index (κ1) is 52.4. The number of anilines is 1. The van der Waals surface area contributed by atoms with Gasteiger partial charge in [0.1, 0.15) is 30.4 Å². The molecular formula is C60H57N7O11. The molecular weight excluding hydrogens is 995 g/mol. The van der Waals surface area contributed by atoms with E-state index >= 15 is 0 Å². The van der Waals surface area contributed by atoms with Crippen LogP contribution in [0.25, 0.3) is 22.3 Å². The van der Waals surface area contributed by atoms with Crippen molar-refractivity contribution >= 4 is 40.8 Å². The number of rotatable bonds is 22. The van der Waals surface area contributed by atoms with E-state index in [4.69, 9.17) is 28.4 Å². The van der Waals surface area contributed by atoms with E-state index in [1.807, 2.05) is 109 Å². The molecule has 10 rings (SSSR count). The Morgan fingerprint density at radius 3 is 2.05 bits per heavy atom. The van der Waals surface area contributed by atoms with Crippen molar-refractivity contribution in [3.05, 3.63) is 214 Å². The Labute approximate surface area is 449 Å². The number of alkyl carbamates (subject to hydrolysis) is 1. The molecule has 0 radical (unpaired) electrons. The lowest BCUT2D eigenvalue weighted by Gasteiger charge is -2.36. The molecule has 78 heavy (non-hydrogen) atoms. The summed E-state index contributed by atoms with van der Waals surface area (Å²) in [5.41, 5.74) is 7.36. The fourth-order valence-corrected chi connectivity index (χ4v) is 10.3. The number of fused-ring (bicyclic) bond motifs is 4. The molecule has 0 unspecified atom stereocenters. The van der Waals surface area contributed by atoms with Gasteiger partial charge in [0.05, 0.1) is 37.7 Å². The van der Waals surface area contributed by atoms with Crippen LogP contribution in [0.3, 0.4) is 0 Å². The summed E-state index contributed by atoms with van der Waals surface area (Å²) in [6.45, 7) is 0.655. The Morgan fingerprint density at radius 1 is 0.731 bits per heavy atom. The van der Waals surface area contributed by atoms with Crippen molar-refractivity contribution in [2.24, 2.45) is 0 Å². The van der Waals surface area contributed by atoms with Crippen LogP contribution in [0.4, 0.5) is 21.1 Å². The van der Waals surface area contributed by atoms with Crippen LogP contribution in [0.5, 0.6) is 5.75 Å². The van der Waals surface area contributed by atoms with Crippen molar-refractivity contribution in [3.63, 3.8) is 0 Å². The number of nitro benzene ring substituents is 1. The van der Waals surface area contributed by atoms with Crippen molar-refractivity contribution in [3.8, 4) is 16.9 Å². The van der Waals surface area contributed by atoms with Crippen LogP contribution >= 0.6 is 0 Å². The van der Waals surface area contributed by atoms with E-state index in [1.54, 1.807) is 23.8 Å². The first-order valence-electron chi connectivity index (χ1n) is 25.9. The summed E-state index contributed by atoms with van der Waals surface area (Å²) in [6, 6.07) is 50.0. The third-order valence-corrected chi connectivity index (χ3v) is 14.1. The van der Waals surface area contributed by atoms with Gasteiger partial charge in [0.2, 0.25) is 0 Å². The van der Waals surface area contributed by atoms with Crippen LogP contribution in [0.1, 0.15) is 77.6 Å². The number of imidazole rings is 1. The maximum Gasteiger partial charge on any atom is 0.412 e. The lowest BCUT2D eigenvalue weighted by molar-refractivity contribution is -0.384. The van der Waals surface area contributed by atoms with Crippen LogP contribution in [-0.2, 0) is 40.5 Å². The molecule has 1 aliphatic heterocycles. The molecule has 398 valence electrons. The van der Waals surface area contributed by atoms with Gasteiger partial charge in [-0.3, -0.25) is 24.8 Å². The van der Waals surface area contributed by atoms with Gasteiger partial charge in [0.15, 0.2) is 23.2 Å². The molecule has 18 heteroatoms. The monoisotopic (exact) mass is 1050 g/mol. The molecule has 18 nitrogen and oxygen atoms in total.